The summed E-state index contributed by atoms with van der Waals surface area (Å²) < 4.78 is 0. The average Bonchev–Trinajstić information content (AvgIpc) is 2.90. The van der Waals surface area contributed by atoms with Crippen molar-refractivity contribution >= 4 is 22.5 Å². The summed E-state index contributed by atoms with van der Waals surface area (Å²) in [7, 11) is 0. The molecule has 1 unspecified atom stereocenters. The predicted molar refractivity (Wildman–Crippen MR) is 72.8 cm³/mol. The van der Waals surface area contributed by atoms with E-state index in [0.29, 0.717) is 6.04 Å². The molecule has 90 valence electrons. The highest BCUT2D eigenvalue weighted by atomic mass is 35.5. The van der Waals surface area contributed by atoms with Crippen molar-refractivity contribution in [2.75, 3.05) is 6.54 Å². The summed E-state index contributed by atoms with van der Waals surface area (Å²) in [5, 5.41) is 5.62. The summed E-state index contributed by atoms with van der Waals surface area (Å²) in [6.07, 6.45) is 5.68. The molecule has 2 N–H and O–H groups in total. The third-order valence-corrected chi connectivity index (χ3v) is 3.95. The molecule has 0 radical (unpaired) electrons. The Morgan fingerprint density at radius 2 is 2.29 bits per heavy atom. The van der Waals surface area contributed by atoms with Gasteiger partial charge in [0.2, 0.25) is 0 Å². The molecule has 1 aromatic carbocycles. The van der Waals surface area contributed by atoms with Gasteiger partial charge in [-0.15, -0.1) is 0 Å². The van der Waals surface area contributed by atoms with Crippen LogP contribution >= 0.6 is 11.6 Å². The van der Waals surface area contributed by atoms with E-state index in [4.69, 9.17) is 11.6 Å². The van der Waals surface area contributed by atoms with Crippen LogP contribution in [0.3, 0.4) is 0 Å². The zero-order chi connectivity index (χ0) is 11.8. The first-order chi connectivity index (χ1) is 8.24. The largest absolute Gasteiger partial charge is 0.360 e. The highest BCUT2D eigenvalue weighted by molar-refractivity contribution is 6.35. The molecular weight excluding hydrogens is 232 g/mol. The van der Waals surface area contributed by atoms with Crippen molar-refractivity contribution in [1.29, 1.82) is 0 Å². The lowest BCUT2D eigenvalue weighted by molar-refractivity contribution is 0.603. The summed E-state index contributed by atoms with van der Waals surface area (Å²) in [5.74, 6) is 0. The van der Waals surface area contributed by atoms with Crippen LogP contribution in [0.25, 0.3) is 10.9 Å². The van der Waals surface area contributed by atoms with Crippen LogP contribution < -0.4 is 5.32 Å². The predicted octanol–water partition coefficient (Wildman–Crippen LogP) is 3.42. The molecule has 3 heteroatoms. The van der Waals surface area contributed by atoms with Crippen LogP contribution in [-0.4, -0.2) is 17.6 Å². The molecule has 0 saturated carbocycles. The minimum atomic E-state index is 0.628. The van der Waals surface area contributed by atoms with Crippen molar-refractivity contribution in [1.82, 2.24) is 10.3 Å². The summed E-state index contributed by atoms with van der Waals surface area (Å²) in [6, 6.07) is 5.00. The van der Waals surface area contributed by atoms with Crippen LogP contribution in [0.4, 0.5) is 0 Å². The van der Waals surface area contributed by atoms with Crippen LogP contribution in [0.2, 0.25) is 5.02 Å². The first-order valence-electron chi connectivity index (χ1n) is 6.23. The van der Waals surface area contributed by atoms with Gasteiger partial charge in [-0.2, -0.15) is 0 Å². The van der Waals surface area contributed by atoms with Gasteiger partial charge in [0.15, 0.2) is 0 Å². The monoisotopic (exact) mass is 248 g/mol. The number of hydrogen-bond donors (Lipinski definition) is 2. The minimum Gasteiger partial charge on any atom is -0.360 e. The van der Waals surface area contributed by atoms with Crippen molar-refractivity contribution in [3.05, 3.63) is 34.5 Å². The first kappa shape index (κ1) is 11.1. The quantitative estimate of drug-likeness (QED) is 0.838. The highest BCUT2D eigenvalue weighted by Crippen LogP contribution is 2.28. The molecule has 2 nitrogen and oxygen atoms in total. The van der Waals surface area contributed by atoms with Crippen molar-refractivity contribution in [2.45, 2.75) is 32.2 Å². The molecule has 1 aliphatic heterocycles. The number of aromatic amines is 1. The van der Waals surface area contributed by atoms with Crippen molar-refractivity contribution < 1.29 is 0 Å². The molecule has 2 aromatic rings. The molecule has 1 atom stereocenters. The molecule has 0 spiro atoms. The van der Waals surface area contributed by atoms with Crippen molar-refractivity contribution in [3.8, 4) is 0 Å². The smallest absolute Gasteiger partial charge is 0.0649 e. The van der Waals surface area contributed by atoms with E-state index in [-0.39, 0.29) is 0 Å². The van der Waals surface area contributed by atoms with Gasteiger partial charge in [-0.25, -0.2) is 0 Å². The van der Waals surface area contributed by atoms with Gasteiger partial charge in [0.25, 0.3) is 0 Å². The maximum Gasteiger partial charge on any atom is 0.0649 e. The second kappa shape index (κ2) is 4.35. The molecule has 0 amide bonds. The molecule has 2 heterocycles. The van der Waals surface area contributed by atoms with E-state index in [1.54, 1.807) is 0 Å². The second-order valence-corrected chi connectivity index (χ2v) is 5.38. The molecule has 1 aromatic heterocycles. The van der Waals surface area contributed by atoms with E-state index >= 15 is 0 Å². The maximum atomic E-state index is 6.31. The summed E-state index contributed by atoms with van der Waals surface area (Å²) in [6.45, 7) is 3.27. The Bertz CT molecular complexity index is 538. The number of aryl methyl sites for hydroxylation is 1. The number of aromatic nitrogens is 1. The number of H-pyrrole nitrogens is 1. The summed E-state index contributed by atoms with van der Waals surface area (Å²) >= 11 is 6.31. The lowest BCUT2D eigenvalue weighted by atomic mass is 10.0. The minimum absolute atomic E-state index is 0.628. The number of nitrogens with one attached hydrogen (secondary N) is 2. The SMILES string of the molecule is Cc1c[nH]c2c(Cl)cc(CC3CCCN3)cc12. The topological polar surface area (TPSA) is 27.8 Å². The number of fused-ring (bicyclic) bond motifs is 1. The second-order valence-electron chi connectivity index (χ2n) is 4.97. The lowest BCUT2D eigenvalue weighted by Crippen LogP contribution is -2.23. The van der Waals surface area contributed by atoms with Crippen LogP contribution in [-0.2, 0) is 6.42 Å². The van der Waals surface area contributed by atoms with Gasteiger partial charge in [0.1, 0.15) is 0 Å². The van der Waals surface area contributed by atoms with Crippen LogP contribution in [0, 0.1) is 6.92 Å². The fourth-order valence-corrected chi connectivity index (χ4v) is 3.01. The van der Waals surface area contributed by atoms with E-state index in [0.717, 1.165) is 23.5 Å². The van der Waals surface area contributed by atoms with Crippen molar-refractivity contribution in [2.24, 2.45) is 0 Å². The zero-order valence-electron chi connectivity index (χ0n) is 10.0. The van der Waals surface area contributed by atoms with Gasteiger partial charge in [0, 0.05) is 17.6 Å². The van der Waals surface area contributed by atoms with Crippen molar-refractivity contribution in [3.63, 3.8) is 0 Å². The molecule has 1 fully saturated rings. The summed E-state index contributed by atoms with van der Waals surface area (Å²) in [4.78, 5) is 3.23. The van der Waals surface area contributed by atoms with Crippen LogP contribution in [0.1, 0.15) is 24.0 Å². The van der Waals surface area contributed by atoms with E-state index < -0.39 is 0 Å². The van der Waals surface area contributed by atoms with E-state index in [1.165, 1.54) is 29.4 Å². The standard InChI is InChI=1S/C14H17ClN2/c1-9-8-17-14-12(9)6-10(7-13(14)15)5-11-3-2-4-16-11/h6-8,11,16-17H,2-5H2,1H3. The van der Waals surface area contributed by atoms with E-state index in [1.807, 2.05) is 6.20 Å². The average molecular weight is 249 g/mol. The molecule has 17 heavy (non-hydrogen) atoms. The summed E-state index contributed by atoms with van der Waals surface area (Å²) in [5.41, 5.74) is 3.67. The fourth-order valence-electron chi connectivity index (χ4n) is 2.71. The Labute approximate surface area is 106 Å². The number of rotatable bonds is 2. The van der Waals surface area contributed by atoms with Gasteiger partial charge in [-0.05, 0) is 56.0 Å². The molecule has 1 saturated heterocycles. The number of hydrogen-bond acceptors (Lipinski definition) is 1. The fraction of sp³-hybridized carbons (Fsp3) is 0.429. The molecule has 0 bridgehead atoms. The third kappa shape index (κ3) is 2.07. The van der Waals surface area contributed by atoms with E-state index in [9.17, 15) is 0 Å². The maximum absolute atomic E-state index is 6.31. The third-order valence-electron chi connectivity index (χ3n) is 3.65. The first-order valence-corrected chi connectivity index (χ1v) is 6.61. The van der Waals surface area contributed by atoms with Crippen LogP contribution in [0.5, 0.6) is 0 Å². The van der Waals surface area contributed by atoms with Gasteiger partial charge in [-0.3, -0.25) is 0 Å². The molecule has 1 aliphatic rings. The van der Waals surface area contributed by atoms with Gasteiger partial charge >= 0.3 is 0 Å². The molecule has 3 rings (SSSR count). The Morgan fingerprint density at radius 3 is 3.06 bits per heavy atom. The Kier molecular flexibility index (Phi) is 2.85. The Balaban J connectivity index is 1.96. The Morgan fingerprint density at radius 1 is 1.41 bits per heavy atom. The number of halogens is 1. The zero-order valence-corrected chi connectivity index (χ0v) is 10.8. The van der Waals surface area contributed by atoms with Gasteiger partial charge in [-0.1, -0.05) is 11.6 Å². The van der Waals surface area contributed by atoms with Gasteiger partial charge in [0.05, 0.1) is 10.5 Å². The van der Waals surface area contributed by atoms with Gasteiger partial charge < -0.3 is 10.3 Å². The highest BCUT2D eigenvalue weighted by Gasteiger charge is 2.15. The normalized spacial score (nSPS) is 20.2. The van der Waals surface area contributed by atoms with E-state index in [2.05, 4.69) is 29.4 Å². The lowest BCUT2D eigenvalue weighted by Gasteiger charge is -2.11. The van der Waals surface area contributed by atoms with Crippen LogP contribution in [0.15, 0.2) is 18.3 Å². The molecule has 0 aliphatic carbocycles. The molecular formula is C14H17ClN2. The Hall–Kier alpha value is -0.990. The number of benzene rings is 1.